The zero-order chi connectivity index (χ0) is 18.3. The van der Waals surface area contributed by atoms with Crippen molar-refractivity contribution in [2.75, 3.05) is 6.54 Å². The van der Waals surface area contributed by atoms with E-state index in [1.807, 2.05) is 43.3 Å². The van der Waals surface area contributed by atoms with Gasteiger partial charge in [-0.3, -0.25) is 9.36 Å². The Kier molecular flexibility index (Phi) is 3.95. The maximum Gasteiger partial charge on any atom is 0.407 e. The molecule has 6 heteroatoms. The van der Waals surface area contributed by atoms with Gasteiger partial charge < -0.3 is 10.0 Å². The van der Waals surface area contributed by atoms with E-state index < -0.39 is 6.09 Å². The first-order valence-electron chi connectivity index (χ1n) is 8.58. The fraction of sp³-hybridized carbons (Fsp3) is 0.250. The van der Waals surface area contributed by atoms with E-state index in [2.05, 4.69) is 4.98 Å². The quantitative estimate of drug-likeness (QED) is 0.772. The molecule has 3 heterocycles. The number of amides is 1. The van der Waals surface area contributed by atoms with Gasteiger partial charge in [0.15, 0.2) is 0 Å². The number of hydrogen-bond acceptors (Lipinski definition) is 3. The second-order valence-electron chi connectivity index (χ2n) is 6.60. The molecule has 0 unspecified atom stereocenters. The number of nitrogens with zero attached hydrogens (tertiary/aromatic N) is 3. The summed E-state index contributed by atoms with van der Waals surface area (Å²) in [5.74, 6) is 0. The molecular weight excluding hydrogens is 330 g/mol. The average Bonchev–Trinajstić information content (AvgIpc) is 2.66. The van der Waals surface area contributed by atoms with Crippen LogP contribution in [0.5, 0.6) is 0 Å². The third kappa shape index (κ3) is 2.63. The van der Waals surface area contributed by atoms with Crippen molar-refractivity contribution < 1.29 is 9.90 Å². The van der Waals surface area contributed by atoms with Crippen LogP contribution in [0.3, 0.4) is 0 Å². The molecule has 0 saturated heterocycles. The van der Waals surface area contributed by atoms with Crippen molar-refractivity contribution in [1.29, 1.82) is 0 Å². The highest BCUT2D eigenvalue weighted by atomic mass is 16.4. The summed E-state index contributed by atoms with van der Waals surface area (Å²) in [4.78, 5) is 30.3. The SMILES string of the molecule is Cc1ccccc1Cn1c(=O)c2c(c3cccnc31)CCN(C(=O)O)C2. The molecule has 1 aliphatic heterocycles. The van der Waals surface area contributed by atoms with Crippen molar-refractivity contribution in [2.24, 2.45) is 0 Å². The fourth-order valence-corrected chi connectivity index (χ4v) is 3.63. The van der Waals surface area contributed by atoms with Crippen LogP contribution in [0.25, 0.3) is 11.0 Å². The summed E-state index contributed by atoms with van der Waals surface area (Å²) in [5.41, 5.74) is 4.15. The summed E-state index contributed by atoms with van der Waals surface area (Å²) >= 11 is 0. The standard InChI is InChI=1S/C20H19N3O3/c1-13-5-2-3-6-14(13)11-23-18-16(7-4-9-21-18)15-8-10-22(20(25)26)12-17(15)19(23)24/h2-7,9H,8,10-12H2,1H3,(H,25,26). The van der Waals surface area contributed by atoms with E-state index in [0.29, 0.717) is 30.7 Å². The molecule has 0 saturated carbocycles. The molecule has 0 radical (unpaired) electrons. The minimum atomic E-state index is -0.994. The molecule has 1 amide bonds. The maximum absolute atomic E-state index is 13.2. The van der Waals surface area contributed by atoms with Gasteiger partial charge in [-0.1, -0.05) is 24.3 Å². The van der Waals surface area contributed by atoms with Crippen LogP contribution in [0.4, 0.5) is 4.79 Å². The fourth-order valence-electron chi connectivity index (χ4n) is 3.63. The molecule has 0 aliphatic carbocycles. The molecule has 1 N–H and O–H groups in total. The molecule has 132 valence electrons. The second-order valence-corrected chi connectivity index (χ2v) is 6.60. The topological polar surface area (TPSA) is 75.4 Å². The first kappa shape index (κ1) is 16.3. The summed E-state index contributed by atoms with van der Waals surface area (Å²) in [6.45, 7) is 2.95. The predicted molar refractivity (Wildman–Crippen MR) is 98.4 cm³/mol. The van der Waals surface area contributed by atoms with Crippen LogP contribution in [0.15, 0.2) is 47.4 Å². The van der Waals surface area contributed by atoms with E-state index in [-0.39, 0.29) is 12.1 Å². The number of pyridine rings is 2. The Morgan fingerprint density at radius 3 is 2.77 bits per heavy atom. The van der Waals surface area contributed by atoms with Gasteiger partial charge in [0.05, 0.1) is 13.1 Å². The lowest BCUT2D eigenvalue weighted by Gasteiger charge is -2.27. The van der Waals surface area contributed by atoms with Gasteiger partial charge in [-0.15, -0.1) is 0 Å². The molecule has 3 aromatic rings. The molecule has 0 spiro atoms. The van der Waals surface area contributed by atoms with Crippen LogP contribution in [0, 0.1) is 6.92 Å². The number of aryl methyl sites for hydroxylation is 1. The number of hydrogen-bond donors (Lipinski definition) is 1. The average molecular weight is 349 g/mol. The molecule has 2 aromatic heterocycles. The summed E-state index contributed by atoms with van der Waals surface area (Å²) in [7, 11) is 0. The molecule has 1 aromatic carbocycles. The van der Waals surface area contributed by atoms with Crippen molar-refractivity contribution in [3.63, 3.8) is 0 Å². The van der Waals surface area contributed by atoms with Crippen molar-refractivity contribution >= 4 is 17.1 Å². The maximum atomic E-state index is 13.2. The van der Waals surface area contributed by atoms with Gasteiger partial charge in [0.2, 0.25) is 0 Å². The van der Waals surface area contributed by atoms with Gasteiger partial charge in [-0.25, -0.2) is 9.78 Å². The minimum Gasteiger partial charge on any atom is -0.465 e. The number of aromatic nitrogens is 2. The summed E-state index contributed by atoms with van der Waals surface area (Å²) in [6, 6.07) is 11.8. The lowest BCUT2D eigenvalue weighted by molar-refractivity contribution is 0.139. The number of carboxylic acid groups (broad SMARTS) is 1. The molecule has 0 bridgehead atoms. The minimum absolute atomic E-state index is 0.127. The molecule has 4 rings (SSSR count). The molecular formula is C20H19N3O3. The molecule has 0 fully saturated rings. The first-order chi connectivity index (χ1) is 12.6. The Morgan fingerprint density at radius 2 is 2.00 bits per heavy atom. The Bertz CT molecular complexity index is 1070. The van der Waals surface area contributed by atoms with Crippen molar-refractivity contribution in [1.82, 2.24) is 14.5 Å². The lowest BCUT2D eigenvalue weighted by Crippen LogP contribution is -2.40. The van der Waals surface area contributed by atoms with Crippen LogP contribution in [0.1, 0.15) is 22.3 Å². The smallest absolute Gasteiger partial charge is 0.407 e. The van der Waals surface area contributed by atoms with E-state index in [1.165, 1.54) is 4.90 Å². The molecule has 1 aliphatic rings. The molecule has 6 nitrogen and oxygen atoms in total. The van der Waals surface area contributed by atoms with Crippen molar-refractivity contribution in [3.8, 4) is 0 Å². The highest BCUT2D eigenvalue weighted by Gasteiger charge is 2.26. The van der Waals surface area contributed by atoms with Crippen molar-refractivity contribution in [3.05, 3.63) is 75.2 Å². The van der Waals surface area contributed by atoms with Crippen LogP contribution in [0.2, 0.25) is 0 Å². The van der Waals surface area contributed by atoms with Gasteiger partial charge in [-0.2, -0.15) is 0 Å². The Hall–Kier alpha value is -3.15. The highest BCUT2D eigenvalue weighted by Crippen LogP contribution is 2.25. The van der Waals surface area contributed by atoms with Crippen LogP contribution in [-0.2, 0) is 19.5 Å². The van der Waals surface area contributed by atoms with Gasteiger partial charge in [0.25, 0.3) is 5.56 Å². The van der Waals surface area contributed by atoms with E-state index in [4.69, 9.17) is 0 Å². The van der Waals surface area contributed by atoms with Crippen LogP contribution >= 0.6 is 0 Å². The Labute approximate surface area is 150 Å². The zero-order valence-corrected chi connectivity index (χ0v) is 14.5. The summed E-state index contributed by atoms with van der Waals surface area (Å²) in [5, 5.41) is 10.2. The van der Waals surface area contributed by atoms with Gasteiger partial charge in [0, 0.05) is 23.7 Å². The van der Waals surface area contributed by atoms with E-state index in [9.17, 15) is 14.7 Å². The van der Waals surface area contributed by atoms with Gasteiger partial charge in [-0.05, 0) is 42.2 Å². The molecule has 0 atom stereocenters. The van der Waals surface area contributed by atoms with Crippen LogP contribution in [-0.4, -0.2) is 32.2 Å². The second kappa shape index (κ2) is 6.29. The number of fused-ring (bicyclic) bond motifs is 3. The van der Waals surface area contributed by atoms with E-state index in [0.717, 1.165) is 22.1 Å². The Balaban J connectivity index is 1.93. The predicted octanol–water partition coefficient (Wildman–Crippen LogP) is 2.79. The highest BCUT2D eigenvalue weighted by molar-refractivity contribution is 5.81. The number of carbonyl (C=O) groups is 1. The number of rotatable bonds is 2. The third-order valence-corrected chi connectivity index (χ3v) is 5.08. The third-order valence-electron chi connectivity index (χ3n) is 5.08. The van der Waals surface area contributed by atoms with Crippen molar-refractivity contribution in [2.45, 2.75) is 26.4 Å². The van der Waals surface area contributed by atoms with Crippen LogP contribution < -0.4 is 5.56 Å². The van der Waals surface area contributed by atoms with E-state index in [1.54, 1.807) is 10.8 Å². The first-order valence-corrected chi connectivity index (χ1v) is 8.58. The number of benzene rings is 1. The van der Waals surface area contributed by atoms with Gasteiger partial charge in [0.1, 0.15) is 5.65 Å². The lowest BCUT2D eigenvalue weighted by atomic mass is 9.97. The Morgan fingerprint density at radius 1 is 1.19 bits per heavy atom. The summed E-state index contributed by atoms with van der Waals surface area (Å²) < 4.78 is 1.67. The van der Waals surface area contributed by atoms with E-state index >= 15 is 0 Å². The molecule has 26 heavy (non-hydrogen) atoms. The normalized spacial score (nSPS) is 13.7. The summed E-state index contributed by atoms with van der Waals surface area (Å²) in [6.07, 6.45) is 1.23. The zero-order valence-electron chi connectivity index (χ0n) is 14.5. The van der Waals surface area contributed by atoms with Gasteiger partial charge >= 0.3 is 6.09 Å². The largest absolute Gasteiger partial charge is 0.465 e. The monoisotopic (exact) mass is 349 g/mol.